The van der Waals surface area contributed by atoms with Gasteiger partial charge in [0.25, 0.3) is 0 Å². The molecule has 1 heteroatoms. The predicted octanol–water partition coefficient (Wildman–Crippen LogP) is 2.58. The summed E-state index contributed by atoms with van der Waals surface area (Å²) in [6.07, 6.45) is 5.83. The van der Waals surface area contributed by atoms with E-state index in [1.807, 2.05) is 0 Å². The Morgan fingerprint density at radius 2 is 1.38 bits per heavy atom. The van der Waals surface area contributed by atoms with Crippen molar-refractivity contribution in [3.8, 4) is 0 Å². The van der Waals surface area contributed by atoms with E-state index in [-0.39, 0.29) is 19.5 Å². The van der Waals surface area contributed by atoms with E-state index in [0.717, 1.165) is 0 Å². The fraction of sp³-hybridized carbons (Fsp3) is 1.00. The molecule has 8 heavy (non-hydrogen) atoms. The average Bonchev–Trinajstić information content (AvgIpc) is 1.84. The molecule has 0 bridgehead atoms. The molecule has 44 valence electrons. The van der Waals surface area contributed by atoms with Gasteiger partial charge in [0.05, 0.1) is 0 Å². The first kappa shape index (κ1) is 8.62. The molecule has 0 nitrogen and oxygen atoms in total. The molecule has 0 heterocycles. The van der Waals surface area contributed by atoms with Crippen LogP contribution >= 0.6 is 0 Å². The van der Waals surface area contributed by atoms with Crippen molar-refractivity contribution in [1.29, 1.82) is 0 Å². The first-order valence-electron chi connectivity index (χ1n) is 3.21. The SMILES string of the molecule is CC1(C)CCCC1.[Zn]. The van der Waals surface area contributed by atoms with Gasteiger partial charge in [-0.1, -0.05) is 26.7 Å². The average molecular weight is 164 g/mol. The molecule has 1 aliphatic rings. The molecule has 0 aromatic rings. The minimum atomic E-state index is 0. The molecule has 0 spiro atoms. The zero-order valence-corrected chi connectivity index (χ0v) is 9.00. The van der Waals surface area contributed by atoms with Crippen molar-refractivity contribution in [2.24, 2.45) is 5.41 Å². The second-order valence-electron chi connectivity index (χ2n) is 3.37. The van der Waals surface area contributed by atoms with Crippen LogP contribution in [0.15, 0.2) is 0 Å². The maximum Gasteiger partial charge on any atom is 0 e. The van der Waals surface area contributed by atoms with Crippen LogP contribution in [0.3, 0.4) is 0 Å². The minimum absolute atomic E-state index is 0. The van der Waals surface area contributed by atoms with E-state index in [2.05, 4.69) is 13.8 Å². The summed E-state index contributed by atoms with van der Waals surface area (Å²) in [7, 11) is 0. The Balaban J connectivity index is 0.000000490. The molecule has 0 radical (unpaired) electrons. The van der Waals surface area contributed by atoms with Crippen LogP contribution in [0.4, 0.5) is 0 Å². The summed E-state index contributed by atoms with van der Waals surface area (Å²) in [6.45, 7) is 4.72. The minimum Gasteiger partial charge on any atom is -0.0599 e. The zero-order valence-electron chi connectivity index (χ0n) is 6.04. The molecule has 0 aromatic carbocycles. The Morgan fingerprint density at radius 3 is 1.50 bits per heavy atom. The Labute approximate surface area is 64.8 Å². The molecule has 1 rings (SSSR count). The number of hydrogen-bond acceptors (Lipinski definition) is 0. The van der Waals surface area contributed by atoms with Gasteiger partial charge in [-0.25, -0.2) is 0 Å². The second-order valence-corrected chi connectivity index (χ2v) is 3.37. The summed E-state index contributed by atoms with van der Waals surface area (Å²) in [5.41, 5.74) is 0.694. The molecule has 0 amide bonds. The molecular weight excluding hydrogens is 149 g/mol. The van der Waals surface area contributed by atoms with Gasteiger partial charge in [0.15, 0.2) is 0 Å². The van der Waals surface area contributed by atoms with E-state index in [0.29, 0.717) is 5.41 Å². The van der Waals surface area contributed by atoms with Crippen LogP contribution < -0.4 is 0 Å². The summed E-state index contributed by atoms with van der Waals surface area (Å²) >= 11 is 0. The molecule has 1 fully saturated rings. The zero-order chi connectivity index (χ0) is 5.33. The fourth-order valence-corrected chi connectivity index (χ4v) is 1.33. The van der Waals surface area contributed by atoms with Gasteiger partial charge in [0, 0.05) is 19.5 Å². The van der Waals surface area contributed by atoms with Crippen molar-refractivity contribution in [2.75, 3.05) is 0 Å². The van der Waals surface area contributed by atoms with E-state index < -0.39 is 0 Å². The van der Waals surface area contributed by atoms with E-state index >= 15 is 0 Å². The largest absolute Gasteiger partial charge is 0.0599 e. The molecular formula is C7H14Zn. The third-order valence-corrected chi connectivity index (χ3v) is 1.96. The van der Waals surface area contributed by atoms with Gasteiger partial charge >= 0.3 is 0 Å². The van der Waals surface area contributed by atoms with Crippen molar-refractivity contribution in [3.63, 3.8) is 0 Å². The van der Waals surface area contributed by atoms with Crippen molar-refractivity contribution in [3.05, 3.63) is 0 Å². The number of rotatable bonds is 0. The van der Waals surface area contributed by atoms with E-state index in [1.165, 1.54) is 25.7 Å². The summed E-state index contributed by atoms with van der Waals surface area (Å²) in [5.74, 6) is 0. The third-order valence-electron chi connectivity index (χ3n) is 1.96. The van der Waals surface area contributed by atoms with Crippen LogP contribution in [0.1, 0.15) is 39.5 Å². The van der Waals surface area contributed by atoms with Gasteiger partial charge in [0.2, 0.25) is 0 Å². The molecule has 0 saturated heterocycles. The Hall–Kier alpha value is 0.623. The van der Waals surface area contributed by atoms with Gasteiger partial charge in [0.1, 0.15) is 0 Å². The fourth-order valence-electron chi connectivity index (χ4n) is 1.33. The maximum absolute atomic E-state index is 2.36. The Bertz CT molecular complexity index is 58.8. The van der Waals surface area contributed by atoms with E-state index in [1.54, 1.807) is 0 Å². The molecule has 0 N–H and O–H groups in total. The van der Waals surface area contributed by atoms with Crippen LogP contribution in [0.25, 0.3) is 0 Å². The van der Waals surface area contributed by atoms with Crippen molar-refractivity contribution in [1.82, 2.24) is 0 Å². The Kier molecular flexibility index (Phi) is 3.19. The molecule has 0 atom stereocenters. The normalized spacial score (nSPS) is 24.8. The second kappa shape index (κ2) is 2.96. The van der Waals surface area contributed by atoms with Crippen molar-refractivity contribution < 1.29 is 19.5 Å². The predicted molar refractivity (Wildman–Crippen MR) is 32.2 cm³/mol. The first-order valence-corrected chi connectivity index (χ1v) is 3.21. The number of hydrogen-bond donors (Lipinski definition) is 0. The first-order chi connectivity index (χ1) is 3.21. The standard InChI is InChI=1S/C7H14.Zn/c1-7(2)5-3-4-6-7;/h3-6H2,1-2H3;. The summed E-state index contributed by atoms with van der Waals surface area (Å²) in [6, 6.07) is 0. The van der Waals surface area contributed by atoms with Crippen molar-refractivity contribution in [2.45, 2.75) is 39.5 Å². The van der Waals surface area contributed by atoms with Crippen LogP contribution in [-0.4, -0.2) is 0 Å². The van der Waals surface area contributed by atoms with Crippen LogP contribution in [-0.2, 0) is 19.5 Å². The van der Waals surface area contributed by atoms with Crippen molar-refractivity contribution >= 4 is 0 Å². The van der Waals surface area contributed by atoms with Gasteiger partial charge in [-0.15, -0.1) is 0 Å². The van der Waals surface area contributed by atoms with Gasteiger partial charge in [-0.2, -0.15) is 0 Å². The maximum atomic E-state index is 2.36. The van der Waals surface area contributed by atoms with Gasteiger partial charge < -0.3 is 0 Å². The molecule has 1 saturated carbocycles. The van der Waals surface area contributed by atoms with Gasteiger partial charge in [-0.05, 0) is 18.3 Å². The van der Waals surface area contributed by atoms with Crippen LogP contribution in [0, 0.1) is 5.41 Å². The molecule has 1 aliphatic carbocycles. The molecule has 0 aliphatic heterocycles. The molecule has 0 unspecified atom stereocenters. The summed E-state index contributed by atoms with van der Waals surface area (Å²) in [4.78, 5) is 0. The quantitative estimate of drug-likeness (QED) is 0.482. The monoisotopic (exact) mass is 162 g/mol. The van der Waals surface area contributed by atoms with Crippen LogP contribution in [0.5, 0.6) is 0 Å². The van der Waals surface area contributed by atoms with Gasteiger partial charge in [-0.3, -0.25) is 0 Å². The summed E-state index contributed by atoms with van der Waals surface area (Å²) < 4.78 is 0. The Morgan fingerprint density at radius 1 is 1.00 bits per heavy atom. The summed E-state index contributed by atoms with van der Waals surface area (Å²) in [5, 5.41) is 0. The van der Waals surface area contributed by atoms with Crippen LogP contribution in [0.2, 0.25) is 0 Å². The smallest absolute Gasteiger partial charge is 0 e. The van der Waals surface area contributed by atoms with E-state index in [4.69, 9.17) is 0 Å². The topological polar surface area (TPSA) is 0 Å². The third kappa shape index (κ3) is 2.26. The molecule has 0 aromatic heterocycles. The van der Waals surface area contributed by atoms with E-state index in [9.17, 15) is 0 Å².